The fourth-order valence-corrected chi connectivity index (χ4v) is 12.7. The van der Waals surface area contributed by atoms with Crippen molar-refractivity contribution in [1.82, 2.24) is 3.12 Å². The molecule has 4 heteroatoms. The van der Waals surface area contributed by atoms with E-state index >= 15 is 0 Å². The SMILES string of the molecule is CCC(C)(C)[O][Sn]([O]C(C)(C)CC)([CH](C)C)[N](C)C. The van der Waals surface area contributed by atoms with Crippen LogP contribution in [0.25, 0.3) is 0 Å². The molecule has 0 unspecified atom stereocenters. The molecule has 0 heterocycles. The van der Waals surface area contributed by atoms with E-state index in [4.69, 9.17) is 6.15 Å². The summed E-state index contributed by atoms with van der Waals surface area (Å²) in [5.74, 6) is 0. The summed E-state index contributed by atoms with van der Waals surface area (Å²) in [6.07, 6.45) is 2.00. The second kappa shape index (κ2) is 7.10. The molecule has 116 valence electrons. The van der Waals surface area contributed by atoms with Gasteiger partial charge in [-0.25, -0.2) is 0 Å². The standard InChI is InChI=1S/2C5H11O.C3H7.C2H6N.Sn/c2*1-4-5(2,3)6;2*1-3-2;/h2*4H2,1-3H3;3H,1-2H3;1-2H3;/q2*-1;;-1;+3. The Bertz CT molecular complexity index is 247. The molecule has 0 N–H and O–H groups in total. The van der Waals surface area contributed by atoms with Crippen molar-refractivity contribution < 1.29 is 6.15 Å². The summed E-state index contributed by atoms with van der Waals surface area (Å²) in [5, 5.41) is 0. The van der Waals surface area contributed by atoms with Gasteiger partial charge in [0.2, 0.25) is 0 Å². The number of hydrogen-bond acceptors (Lipinski definition) is 3. The summed E-state index contributed by atoms with van der Waals surface area (Å²) < 4.78 is 16.0. The first-order valence-electron chi connectivity index (χ1n) is 7.50. The predicted octanol–water partition coefficient (Wildman–Crippen LogP) is 4.31. The number of nitrogens with zero attached hydrogens (tertiary/aromatic N) is 1. The number of rotatable bonds is 8. The summed E-state index contributed by atoms with van der Waals surface area (Å²) in [4.78, 5) is 0. The Balaban J connectivity index is 5.45. The van der Waals surface area contributed by atoms with Gasteiger partial charge >= 0.3 is 126 Å². The molecule has 3 nitrogen and oxygen atoms in total. The molecule has 0 aliphatic heterocycles. The Labute approximate surface area is 126 Å². The third kappa shape index (κ3) is 5.52. The molecule has 0 aromatic rings. The van der Waals surface area contributed by atoms with Crippen molar-refractivity contribution in [2.24, 2.45) is 0 Å². The van der Waals surface area contributed by atoms with Crippen molar-refractivity contribution in [2.75, 3.05) is 14.1 Å². The van der Waals surface area contributed by atoms with Gasteiger partial charge in [-0.1, -0.05) is 0 Å². The van der Waals surface area contributed by atoms with Gasteiger partial charge in [-0.15, -0.1) is 0 Å². The minimum absolute atomic E-state index is 0.117. The van der Waals surface area contributed by atoms with E-state index in [-0.39, 0.29) is 11.2 Å². The van der Waals surface area contributed by atoms with Gasteiger partial charge in [-0.3, -0.25) is 0 Å². The van der Waals surface area contributed by atoms with E-state index in [0.717, 1.165) is 12.8 Å². The third-order valence-corrected chi connectivity index (χ3v) is 16.4. The van der Waals surface area contributed by atoms with E-state index in [9.17, 15) is 0 Å². The van der Waals surface area contributed by atoms with Gasteiger partial charge in [0.15, 0.2) is 0 Å². The molecular formula is C15H35NO2Sn. The Kier molecular flexibility index (Phi) is 7.35. The van der Waals surface area contributed by atoms with E-state index in [1.807, 2.05) is 0 Å². The topological polar surface area (TPSA) is 21.7 Å². The molecule has 0 rings (SSSR count). The van der Waals surface area contributed by atoms with E-state index in [1.165, 1.54) is 0 Å². The van der Waals surface area contributed by atoms with Crippen LogP contribution in [0.4, 0.5) is 0 Å². The maximum absolute atomic E-state index is 6.65. The van der Waals surface area contributed by atoms with Crippen LogP contribution in [0, 0.1) is 0 Å². The first-order chi connectivity index (χ1) is 8.42. The van der Waals surface area contributed by atoms with E-state index in [1.54, 1.807) is 0 Å². The molecule has 0 aromatic heterocycles. The molecule has 0 aromatic carbocycles. The zero-order valence-electron chi connectivity index (χ0n) is 14.8. The summed E-state index contributed by atoms with van der Waals surface area (Å²) in [6.45, 7) is 17.5. The predicted molar refractivity (Wildman–Crippen MR) is 85.4 cm³/mol. The van der Waals surface area contributed by atoms with Crippen LogP contribution in [-0.2, 0) is 6.15 Å². The van der Waals surface area contributed by atoms with Gasteiger partial charge in [-0.2, -0.15) is 0 Å². The quantitative estimate of drug-likeness (QED) is 0.586. The van der Waals surface area contributed by atoms with Crippen LogP contribution in [-0.4, -0.2) is 47.9 Å². The van der Waals surface area contributed by atoms with E-state index < -0.39 is 19.5 Å². The van der Waals surface area contributed by atoms with Gasteiger partial charge < -0.3 is 0 Å². The molecule has 19 heavy (non-hydrogen) atoms. The van der Waals surface area contributed by atoms with Gasteiger partial charge in [-0.05, 0) is 0 Å². The fourth-order valence-electron chi connectivity index (χ4n) is 1.89. The van der Waals surface area contributed by atoms with Crippen LogP contribution >= 0.6 is 0 Å². The molecule has 0 saturated carbocycles. The van der Waals surface area contributed by atoms with Crippen LogP contribution in [0.2, 0.25) is 3.93 Å². The van der Waals surface area contributed by atoms with Crippen molar-refractivity contribution in [3.8, 4) is 0 Å². The Hall–Kier alpha value is 0.679. The average Bonchev–Trinajstić information content (AvgIpc) is 2.27. The monoisotopic (exact) mass is 381 g/mol. The second-order valence-electron chi connectivity index (χ2n) is 7.11. The van der Waals surface area contributed by atoms with Gasteiger partial charge in [0.05, 0.1) is 0 Å². The van der Waals surface area contributed by atoms with Gasteiger partial charge in [0.25, 0.3) is 0 Å². The Morgan fingerprint density at radius 3 is 1.37 bits per heavy atom. The van der Waals surface area contributed by atoms with Crippen molar-refractivity contribution in [2.45, 2.75) is 83.4 Å². The van der Waals surface area contributed by atoms with Crippen LogP contribution in [0.5, 0.6) is 0 Å². The molecule has 0 saturated heterocycles. The summed E-state index contributed by atoms with van der Waals surface area (Å²) in [6, 6.07) is 0. The third-order valence-electron chi connectivity index (χ3n) is 3.90. The normalized spacial score (nSPS) is 14.5. The second-order valence-corrected chi connectivity index (χ2v) is 17.7. The van der Waals surface area contributed by atoms with E-state index in [2.05, 4.69) is 72.6 Å². The number of hydrogen-bond donors (Lipinski definition) is 0. The van der Waals surface area contributed by atoms with Crippen molar-refractivity contribution in [3.63, 3.8) is 0 Å². The van der Waals surface area contributed by atoms with Gasteiger partial charge in [0.1, 0.15) is 0 Å². The zero-order valence-corrected chi connectivity index (χ0v) is 17.6. The minimum atomic E-state index is -3.32. The van der Waals surface area contributed by atoms with Crippen molar-refractivity contribution in [1.29, 1.82) is 0 Å². The first kappa shape index (κ1) is 19.7. The summed E-state index contributed by atoms with van der Waals surface area (Å²) in [7, 11) is 4.24. The van der Waals surface area contributed by atoms with Crippen molar-refractivity contribution in [3.05, 3.63) is 0 Å². The molecule has 0 aliphatic rings. The molecule has 0 atom stereocenters. The fraction of sp³-hybridized carbons (Fsp3) is 1.00. The van der Waals surface area contributed by atoms with E-state index in [0.29, 0.717) is 3.93 Å². The molecule has 0 aliphatic carbocycles. The van der Waals surface area contributed by atoms with Crippen LogP contribution in [0.1, 0.15) is 68.2 Å². The Morgan fingerprint density at radius 2 is 1.21 bits per heavy atom. The molecular weight excluding hydrogens is 345 g/mol. The zero-order chi connectivity index (χ0) is 15.5. The molecule has 0 amide bonds. The average molecular weight is 380 g/mol. The molecule has 0 spiro atoms. The Morgan fingerprint density at radius 1 is 0.895 bits per heavy atom. The van der Waals surface area contributed by atoms with Crippen LogP contribution in [0.15, 0.2) is 0 Å². The summed E-state index contributed by atoms with van der Waals surface area (Å²) in [5.41, 5.74) is -0.233. The first-order valence-corrected chi connectivity index (χ1v) is 12.8. The van der Waals surface area contributed by atoms with Crippen molar-refractivity contribution >= 4 is 19.5 Å². The van der Waals surface area contributed by atoms with Crippen LogP contribution < -0.4 is 0 Å². The molecule has 0 fully saturated rings. The molecule has 0 radical (unpaired) electrons. The van der Waals surface area contributed by atoms with Crippen LogP contribution in [0.3, 0.4) is 0 Å². The van der Waals surface area contributed by atoms with Gasteiger partial charge in [0, 0.05) is 0 Å². The summed E-state index contributed by atoms with van der Waals surface area (Å²) >= 11 is -3.32. The maximum atomic E-state index is 6.65. The molecule has 0 bridgehead atoms.